The number of para-hydroxylation sites is 1. The lowest BCUT2D eigenvalue weighted by molar-refractivity contribution is 0.854. The molecule has 0 fully saturated rings. The Labute approximate surface area is 291 Å². The van der Waals surface area contributed by atoms with Crippen molar-refractivity contribution in [3.8, 4) is 5.69 Å². The van der Waals surface area contributed by atoms with Crippen molar-refractivity contribution in [2.75, 3.05) is 4.90 Å². The summed E-state index contributed by atoms with van der Waals surface area (Å²) in [6, 6.07) is 60.1. The van der Waals surface area contributed by atoms with Gasteiger partial charge in [-0.2, -0.15) is 0 Å². The highest BCUT2D eigenvalue weighted by Gasteiger charge is 2.21. The zero-order valence-electron chi connectivity index (χ0n) is 27.6. The average molecular weight is 639 g/mol. The molecule has 1 aliphatic rings. The van der Waals surface area contributed by atoms with Crippen LogP contribution in [0.1, 0.15) is 17.9 Å². The number of anilines is 3. The second kappa shape index (κ2) is 11.6. The van der Waals surface area contributed by atoms with E-state index in [1.54, 1.807) is 0 Å². The molecule has 1 heterocycles. The fourth-order valence-corrected chi connectivity index (χ4v) is 8.17. The molecule has 1 aromatic heterocycles. The highest BCUT2D eigenvalue weighted by atomic mass is 15.1. The molecular formula is C48H34N2. The van der Waals surface area contributed by atoms with E-state index in [1.165, 1.54) is 59.7 Å². The number of rotatable bonds is 5. The smallest absolute Gasteiger partial charge is 0.0626 e. The first-order valence-electron chi connectivity index (χ1n) is 17.5. The summed E-state index contributed by atoms with van der Waals surface area (Å²) >= 11 is 0. The van der Waals surface area contributed by atoms with E-state index in [9.17, 15) is 0 Å². The van der Waals surface area contributed by atoms with Gasteiger partial charge in [0.2, 0.25) is 0 Å². The molecule has 0 amide bonds. The summed E-state index contributed by atoms with van der Waals surface area (Å²) in [5.74, 6) is 0.425. The molecule has 0 saturated heterocycles. The molecule has 10 rings (SSSR count). The van der Waals surface area contributed by atoms with Crippen molar-refractivity contribution in [1.29, 1.82) is 0 Å². The molecule has 50 heavy (non-hydrogen) atoms. The molecule has 0 spiro atoms. The van der Waals surface area contributed by atoms with Crippen LogP contribution in [-0.4, -0.2) is 4.57 Å². The van der Waals surface area contributed by atoms with Gasteiger partial charge in [0.05, 0.1) is 11.0 Å². The molecule has 1 atom stereocenters. The molecular weight excluding hydrogens is 605 g/mol. The van der Waals surface area contributed by atoms with Crippen LogP contribution in [0.2, 0.25) is 0 Å². The molecule has 2 heteroatoms. The SMILES string of the molecule is C1=CCC(c2ccc(N(c3ccccc3)c3ccc(-n4c5c6ccccc6ccc5c5c6ccccc6c6ccccc6c54)cc3)cc2)C=C1. The number of hydrogen-bond acceptors (Lipinski definition) is 1. The van der Waals surface area contributed by atoms with E-state index in [2.05, 4.69) is 198 Å². The predicted molar refractivity (Wildman–Crippen MR) is 214 cm³/mol. The minimum atomic E-state index is 0.425. The van der Waals surface area contributed by atoms with Gasteiger partial charge >= 0.3 is 0 Å². The van der Waals surface area contributed by atoms with Crippen LogP contribution >= 0.6 is 0 Å². The Hall–Kier alpha value is -6.38. The Kier molecular flexibility index (Phi) is 6.67. The normalized spacial score (nSPS) is 14.4. The Balaban J connectivity index is 1.20. The summed E-state index contributed by atoms with van der Waals surface area (Å²) in [4.78, 5) is 2.36. The van der Waals surface area contributed by atoms with Crippen molar-refractivity contribution in [3.63, 3.8) is 0 Å². The third kappa shape index (κ3) is 4.49. The first-order valence-corrected chi connectivity index (χ1v) is 17.5. The van der Waals surface area contributed by atoms with Crippen molar-refractivity contribution in [2.45, 2.75) is 12.3 Å². The van der Waals surface area contributed by atoms with Gasteiger partial charge in [-0.1, -0.05) is 140 Å². The van der Waals surface area contributed by atoms with Crippen molar-refractivity contribution in [2.24, 2.45) is 0 Å². The fraction of sp³-hybridized carbons (Fsp3) is 0.0417. The zero-order chi connectivity index (χ0) is 33.0. The molecule has 1 unspecified atom stereocenters. The molecule has 0 aliphatic heterocycles. The number of nitrogens with zero attached hydrogens (tertiary/aromatic N) is 2. The predicted octanol–water partition coefficient (Wildman–Crippen LogP) is 13.3. The Morgan fingerprint density at radius 1 is 0.440 bits per heavy atom. The number of benzene rings is 8. The Bertz CT molecular complexity index is 2770. The highest BCUT2D eigenvalue weighted by molar-refractivity contribution is 6.34. The molecule has 9 aromatic rings. The molecule has 0 radical (unpaired) electrons. The lowest BCUT2D eigenvalue weighted by Gasteiger charge is -2.26. The van der Waals surface area contributed by atoms with Gasteiger partial charge in [-0.05, 0) is 82.1 Å². The standard InChI is InChI=1S/C48H34N2/c1-3-13-33(14-4-1)34-23-26-37(27-24-34)49(36-16-5-2-6-17-36)38-28-30-39(31-29-38)50-47-40-18-8-7-15-35(40)25-32-45(47)46-43-21-11-9-19-41(43)42-20-10-12-22-44(42)48(46)50/h1-13,15-33H,14H2. The summed E-state index contributed by atoms with van der Waals surface area (Å²) in [6.45, 7) is 0. The van der Waals surface area contributed by atoms with E-state index in [0.717, 1.165) is 29.2 Å². The van der Waals surface area contributed by atoms with Crippen LogP contribution < -0.4 is 4.90 Å². The Morgan fingerprint density at radius 2 is 1.04 bits per heavy atom. The Morgan fingerprint density at radius 3 is 1.76 bits per heavy atom. The maximum atomic E-state index is 2.51. The lowest BCUT2D eigenvalue weighted by atomic mass is 9.92. The van der Waals surface area contributed by atoms with Gasteiger partial charge in [0.25, 0.3) is 0 Å². The second-order valence-corrected chi connectivity index (χ2v) is 13.3. The zero-order valence-corrected chi connectivity index (χ0v) is 27.6. The van der Waals surface area contributed by atoms with Crippen LogP contribution in [-0.2, 0) is 0 Å². The van der Waals surface area contributed by atoms with Gasteiger partial charge in [-0.3, -0.25) is 0 Å². The van der Waals surface area contributed by atoms with E-state index < -0.39 is 0 Å². The van der Waals surface area contributed by atoms with Crippen LogP contribution in [0.25, 0.3) is 59.8 Å². The molecule has 8 aromatic carbocycles. The minimum Gasteiger partial charge on any atom is -0.311 e. The molecule has 0 saturated carbocycles. The second-order valence-electron chi connectivity index (χ2n) is 13.3. The first-order chi connectivity index (χ1) is 24.8. The quantitative estimate of drug-likeness (QED) is 0.170. The van der Waals surface area contributed by atoms with E-state index in [4.69, 9.17) is 0 Å². The van der Waals surface area contributed by atoms with E-state index in [-0.39, 0.29) is 0 Å². The van der Waals surface area contributed by atoms with Gasteiger partial charge < -0.3 is 9.47 Å². The van der Waals surface area contributed by atoms with Gasteiger partial charge in [-0.15, -0.1) is 0 Å². The topological polar surface area (TPSA) is 8.17 Å². The van der Waals surface area contributed by atoms with Gasteiger partial charge in [-0.25, -0.2) is 0 Å². The number of hydrogen-bond donors (Lipinski definition) is 0. The highest BCUT2D eigenvalue weighted by Crippen LogP contribution is 2.45. The van der Waals surface area contributed by atoms with Crippen LogP contribution in [0.5, 0.6) is 0 Å². The average Bonchev–Trinajstić information content (AvgIpc) is 3.56. The van der Waals surface area contributed by atoms with Crippen molar-refractivity contribution in [3.05, 3.63) is 194 Å². The summed E-state index contributed by atoms with van der Waals surface area (Å²) in [5, 5.41) is 10.2. The third-order valence-electron chi connectivity index (χ3n) is 10.5. The number of aromatic nitrogens is 1. The number of allylic oxidation sites excluding steroid dienone is 4. The van der Waals surface area contributed by atoms with Crippen LogP contribution in [0.15, 0.2) is 188 Å². The van der Waals surface area contributed by atoms with Crippen molar-refractivity contribution >= 4 is 71.2 Å². The molecule has 0 bridgehead atoms. The maximum absolute atomic E-state index is 2.51. The van der Waals surface area contributed by atoms with Crippen molar-refractivity contribution < 1.29 is 0 Å². The van der Waals surface area contributed by atoms with Crippen molar-refractivity contribution in [1.82, 2.24) is 4.57 Å². The summed E-state index contributed by atoms with van der Waals surface area (Å²) in [5.41, 5.74) is 8.38. The minimum absolute atomic E-state index is 0.425. The maximum Gasteiger partial charge on any atom is 0.0626 e. The largest absolute Gasteiger partial charge is 0.311 e. The molecule has 0 N–H and O–H groups in total. The third-order valence-corrected chi connectivity index (χ3v) is 10.5. The van der Waals surface area contributed by atoms with Gasteiger partial charge in [0, 0.05) is 50.2 Å². The molecule has 2 nitrogen and oxygen atoms in total. The monoisotopic (exact) mass is 638 g/mol. The summed E-state index contributed by atoms with van der Waals surface area (Å²) in [7, 11) is 0. The lowest BCUT2D eigenvalue weighted by Crippen LogP contribution is -2.10. The molecule has 236 valence electrons. The van der Waals surface area contributed by atoms with E-state index >= 15 is 0 Å². The van der Waals surface area contributed by atoms with Crippen LogP contribution in [0, 0.1) is 0 Å². The molecule has 1 aliphatic carbocycles. The summed E-state index contributed by atoms with van der Waals surface area (Å²) in [6.07, 6.45) is 9.89. The van der Waals surface area contributed by atoms with Gasteiger partial charge in [0.1, 0.15) is 0 Å². The van der Waals surface area contributed by atoms with Gasteiger partial charge in [0.15, 0.2) is 0 Å². The fourth-order valence-electron chi connectivity index (χ4n) is 8.17. The summed E-state index contributed by atoms with van der Waals surface area (Å²) < 4.78 is 2.51. The van der Waals surface area contributed by atoms with Crippen LogP contribution in [0.3, 0.4) is 0 Å². The first kappa shape index (κ1) is 28.6. The van der Waals surface area contributed by atoms with E-state index in [1.807, 2.05) is 0 Å². The van der Waals surface area contributed by atoms with E-state index in [0.29, 0.717) is 5.92 Å². The number of fused-ring (bicyclic) bond motifs is 10. The van der Waals surface area contributed by atoms with Crippen LogP contribution in [0.4, 0.5) is 17.1 Å².